The molecule has 1 saturated heterocycles. The Kier molecular flexibility index (Phi) is 6.42. The van der Waals surface area contributed by atoms with Crippen LogP contribution in [-0.2, 0) is 6.54 Å². The zero-order valence-electron chi connectivity index (χ0n) is 19.3. The van der Waals surface area contributed by atoms with Gasteiger partial charge in [0.05, 0.1) is 18.5 Å². The number of hydrogen-bond donors (Lipinski definition) is 0. The number of piperazine rings is 1. The largest absolute Gasteiger partial charge is 0.497 e. The van der Waals surface area contributed by atoms with Crippen LogP contribution in [-0.4, -0.2) is 63.8 Å². The summed E-state index contributed by atoms with van der Waals surface area (Å²) in [7, 11) is 1.67. The van der Waals surface area contributed by atoms with Crippen LogP contribution in [0.15, 0.2) is 66.0 Å². The first kappa shape index (κ1) is 22.3. The van der Waals surface area contributed by atoms with E-state index in [0.29, 0.717) is 18.8 Å². The Bertz CT molecular complexity index is 1260. The maximum atomic E-state index is 13.1. The van der Waals surface area contributed by atoms with E-state index in [4.69, 9.17) is 9.72 Å². The Hall–Kier alpha value is -3.49. The number of hydrogen-bond acceptors (Lipinski definition) is 6. The summed E-state index contributed by atoms with van der Waals surface area (Å²) in [6.45, 7) is 5.77. The van der Waals surface area contributed by atoms with Crippen LogP contribution in [0.3, 0.4) is 0 Å². The van der Waals surface area contributed by atoms with Crippen LogP contribution >= 0.6 is 11.3 Å². The minimum Gasteiger partial charge on any atom is -0.497 e. The van der Waals surface area contributed by atoms with E-state index < -0.39 is 0 Å². The molecule has 0 bridgehead atoms. The highest BCUT2D eigenvalue weighted by molar-refractivity contribution is 7.13. The van der Waals surface area contributed by atoms with Crippen LogP contribution in [0.5, 0.6) is 5.75 Å². The number of aryl methyl sites for hydroxylation is 1. The number of ether oxygens (including phenoxy) is 1. The van der Waals surface area contributed by atoms with E-state index >= 15 is 0 Å². The highest BCUT2D eigenvalue weighted by Crippen LogP contribution is 2.26. The number of rotatable bonds is 6. The van der Waals surface area contributed by atoms with Gasteiger partial charge < -0.3 is 9.64 Å². The van der Waals surface area contributed by atoms with E-state index in [1.165, 1.54) is 0 Å². The number of aromatic nitrogens is 3. The first-order valence-electron chi connectivity index (χ1n) is 11.3. The number of carbonyl (C=O) groups is 1. The summed E-state index contributed by atoms with van der Waals surface area (Å²) in [6, 6.07) is 19.8. The number of carbonyl (C=O) groups excluding carboxylic acids is 1. The highest BCUT2D eigenvalue weighted by atomic mass is 32.1. The summed E-state index contributed by atoms with van der Waals surface area (Å²) in [5, 5.41) is 7.71. The Balaban J connectivity index is 1.18. The molecule has 0 unspecified atom stereocenters. The standard InChI is InChI=1S/C26H27N5O2S/c1-19-16-24(28-31(19)22-6-4-3-5-7-22)26(32)30-14-12-29(13-15-30)17-21-18-34-25(27-21)20-8-10-23(33-2)11-9-20/h3-11,16,18H,12-15,17H2,1-2H3. The lowest BCUT2D eigenvalue weighted by Gasteiger charge is -2.34. The normalized spacial score (nSPS) is 14.4. The Morgan fingerprint density at radius 3 is 2.47 bits per heavy atom. The van der Waals surface area contributed by atoms with Crippen LogP contribution in [0.4, 0.5) is 0 Å². The topological polar surface area (TPSA) is 63.5 Å². The van der Waals surface area contributed by atoms with Gasteiger partial charge in [-0.25, -0.2) is 9.67 Å². The Morgan fingerprint density at radius 1 is 1.03 bits per heavy atom. The van der Waals surface area contributed by atoms with E-state index in [9.17, 15) is 4.79 Å². The molecule has 5 rings (SSSR count). The zero-order valence-corrected chi connectivity index (χ0v) is 20.2. The molecule has 1 amide bonds. The second kappa shape index (κ2) is 9.79. The van der Waals surface area contributed by atoms with Crippen molar-refractivity contribution in [1.82, 2.24) is 24.6 Å². The lowest BCUT2D eigenvalue weighted by atomic mass is 10.2. The van der Waals surface area contributed by atoms with Crippen molar-refractivity contribution in [3.63, 3.8) is 0 Å². The van der Waals surface area contributed by atoms with E-state index in [0.717, 1.165) is 53.0 Å². The molecule has 2 aromatic carbocycles. The fourth-order valence-electron chi connectivity index (χ4n) is 4.16. The maximum Gasteiger partial charge on any atom is 0.274 e. The second-order valence-electron chi connectivity index (χ2n) is 8.36. The number of benzene rings is 2. The summed E-state index contributed by atoms with van der Waals surface area (Å²) in [4.78, 5) is 22.1. The fraction of sp³-hybridized carbons (Fsp3) is 0.269. The van der Waals surface area contributed by atoms with Crippen molar-refractivity contribution >= 4 is 17.2 Å². The fourth-order valence-corrected chi connectivity index (χ4v) is 4.97. The van der Waals surface area contributed by atoms with Crippen LogP contribution in [0.2, 0.25) is 0 Å². The summed E-state index contributed by atoms with van der Waals surface area (Å²) < 4.78 is 7.06. The number of thiazole rings is 1. The minimum atomic E-state index is -0.00659. The molecule has 1 aliphatic heterocycles. The van der Waals surface area contributed by atoms with Crippen molar-refractivity contribution in [3.05, 3.63) is 83.1 Å². The lowest BCUT2D eigenvalue weighted by molar-refractivity contribution is 0.0621. The molecule has 174 valence electrons. The molecule has 0 aliphatic carbocycles. The Morgan fingerprint density at radius 2 is 1.76 bits per heavy atom. The molecule has 34 heavy (non-hydrogen) atoms. The smallest absolute Gasteiger partial charge is 0.274 e. The molecule has 4 aromatic rings. The van der Waals surface area contributed by atoms with Gasteiger partial charge in [-0.15, -0.1) is 11.3 Å². The molecule has 7 nitrogen and oxygen atoms in total. The summed E-state index contributed by atoms with van der Waals surface area (Å²) in [5.74, 6) is 0.836. The van der Waals surface area contributed by atoms with Gasteiger partial charge in [0.2, 0.25) is 0 Å². The van der Waals surface area contributed by atoms with E-state index in [-0.39, 0.29) is 5.91 Å². The van der Waals surface area contributed by atoms with Gasteiger partial charge in [-0.05, 0) is 49.4 Å². The van der Waals surface area contributed by atoms with Crippen molar-refractivity contribution in [1.29, 1.82) is 0 Å². The van der Waals surface area contributed by atoms with Gasteiger partial charge in [0.1, 0.15) is 10.8 Å². The molecule has 1 aliphatic rings. The van der Waals surface area contributed by atoms with E-state index in [2.05, 4.69) is 15.4 Å². The molecular weight excluding hydrogens is 446 g/mol. The molecule has 0 radical (unpaired) electrons. The lowest BCUT2D eigenvalue weighted by Crippen LogP contribution is -2.48. The molecule has 2 aromatic heterocycles. The summed E-state index contributed by atoms with van der Waals surface area (Å²) in [5.41, 5.74) is 4.56. The average molecular weight is 474 g/mol. The van der Waals surface area contributed by atoms with Gasteiger partial charge in [0, 0.05) is 49.4 Å². The first-order valence-corrected chi connectivity index (χ1v) is 12.2. The zero-order chi connectivity index (χ0) is 23.5. The number of nitrogens with zero attached hydrogens (tertiary/aromatic N) is 5. The molecule has 1 fully saturated rings. The van der Waals surface area contributed by atoms with Gasteiger partial charge in [0.15, 0.2) is 5.69 Å². The van der Waals surface area contributed by atoms with Gasteiger partial charge in [0.25, 0.3) is 5.91 Å². The first-order chi connectivity index (χ1) is 16.6. The average Bonchev–Trinajstić information content (AvgIpc) is 3.51. The summed E-state index contributed by atoms with van der Waals surface area (Å²) >= 11 is 1.66. The van der Waals surface area contributed by atoms with Gasteiger partial charge >= 0.3 is 0 Å². The second-order valence-corrected chi connectivity index (χ2v) is 9.22. The van der Waals surface area contributed by atoms with Gasteiger partial charge in [-0.3, -0.25) is 9.69 Å². The molecule has 0 spiro atoms. The molecule has 8 heteroatoms. The van der Waals surface area contributed by atoms with Crippen molar-refractivity contribution in [2.75, 3.05) is 33.3 Å². The maximum absolute atomic E-state index is 13.1. The monoisotopic (exact) mass is 473 g/mol. The number of amides is 1. The number of methoxy groups -OCH3 is 1. The third-order valence-electron chi connectivity index (χ3n) is 6.04. The van der Waals surface area contributed by atoms with Crippen LogP contribution in [0.1, 0.15) is 21.9 Å². The van der Waals surface area contributed by atoms with Crippen LogP contribution in [0.25, 0.3) is 16.3 Å². The van der Waals surface area contributed by atoms with Crippen molar-refractivity contribution < 1.29 is 9.53 Å². The molecule has 3 heterocycles. The summed E-state index contributed by atoms with van der Waals surface area (Å²) in [6.07, 6.45) is 0. The minimum absolute atomic E-state index is 0.00659. The van der Waals surface area contributed by atoms with Crippen molar-refractivity contribution in [2.45, 2.75) is 13.5 Å². The third kappa shape index (κ3) is 4.73. The van der Waals surface area contributed by atoms with Gasteiger partial charge in [-0.2, -0.15) is 5.10 Å². The van der Waals surface area contributed by atoms with Crippen LogP contribution < -0.4 is 4.74 Å². The number of para-hydroxylation sites is 1. The molecule has 0 N–H and O–H groups in total. The predicted molar refractivity (Wildman–Crippen MR) is 134 cm³/mol. The predicted octanol–water partition coefficient (Wildman–Crippen LogP) is 4.27. The SMILES string of the molecule is COc1ccc(-c2nc(CN3CCN(C(=O)c4cc(C)n(-c5ccccc5)n4)CC3)cs2)cc1. The Labute approximate surface area is 203 Å². The van der Waals surface area contributed by atoms with E-state index in [1.807, 2.05) is 77.2 Å². The quantitative estimate of drug-likeness (QED) is 0.419. The third-order valence-corrected chi connectivity index (χ3v) is 6.98. The van der Waals surface area contributed by atoms with E-state index in [1.54, 1.807) is 18.4 Å². The van der Waals surface area contributed by atoms with Crippen molar-refractivity contribution in [2.24, 2.45) is 0 Å². The molecule has 0 atom stereocenters. The highest BCUT2D eigenvalue weighted by Gasteiger charge is 2.25. The molecule has 0 saturated carbocycles. The van der Waals surface area contributed by atoms with Gasteiger partial charge in [-0.1, -0.05) is 18.2 Å². The molecular formula is C26H27N5O2S. The van der Waals surface area contributed by atoms with Crippen molar-refractivity contribution in [3.8, 4) is 22.0 Å². The van der Waals surface area contributed by atoms with Crippen LogP contribution in [0, 0.1) is 6.92 Å².